The molecule has 1 unspecified atom stereocenters. The van der Waals surface area contributed by atoms with Crippen LogP contribution in [0.2, 0.25) is 0 Å². The van der Waals surface area contributed by atoms with Gasteiger partial charge in [0, 0.05) is 24.1 Å². The maximum Gasteiger partial charge on any atom is 0.274 e. The zero-order chi connectivity index (χ0) is 22.7. The van der Waals surface area contributed by atoms with E-state index in [1.165, 1.54) is 6.07 Å². The SMILES string of the molecule is Cc1onc(C(=O)NC(C)c2ccc(-n3cccc3)cc2)c1COc1ccc(F)cc1F. The molecule has 0 fully saturated rings. The van der Waals surface area contributed by atoms with Crippen LogP contribution in [0.15, 0.2) is 71.5 Å². The van der Waals surface area contributed by atoms with Crippen LogP contribution in [0.3, 0.4) is 0 Å². The van der Waals surface area contributed by atoms with Gasteiger partial charge in [0.05, 0.1) is 11.6 Å². The Labute approximate surface area is 183 Å². The molecular weight excluding hydrogens is 416 g/mol. The molecule has 2 aromatic heterocycles. The molecule has 0 aliphatic heterocycles. The molecule has 164 valence electrons. The second-order valence-corrected chi connectivity index (χ2v) is 7.31. The van der Waals surface area contributed by atoms with Gasteiger partial charge in [-0.25, -0.2) is 8.78 Å². The van der Waals surface area contributed by atoms with Gasteiger partial charge in [0.2, 0.25) is 0 Å². The Balaban J connectivity index is 1.44. The van der Waals surface area contributed by atoms with Gasteiger partial charge in [-0.15, -0.1) is 0 Å². The number of aryl methyl sites for hydroxylation is 1. The molecule has 0 saturated heterocycles. The van der Waals surface area contributed by atoms with Gasteiger partial charge < -0.3 is 19.1 Å². The lowest BCUT2D eigenvalue weighted by Gasteiger charge is -2.15. The van der Waals surface area contributed by atoms with Gasteiger partial charge in [-0.3, -0.25) is 4.79 Å². The average Bonchev–Trinajstić information content (AvgIpc) is 3.43. The highest BCUT2D eigenvalue weighted by molar-refractivity contribution is 5.94. The molecule has 4 rings (SSSR count). The van der Waals surface area contributed by atoms with Crippen molar-refractivity contribution in [3.05, 3.63) is 101 Å². The van der Waals surface area contributed by atoms with Gasteiger partial charge in [0.1, 0.15) is 18.2 Å². The molecule has 1 atom stereocenters. The summed E-state index contributed by atoms with van der Waals surface area (Å²) in [6.45, 7) is 3.34. The molecule has 0 saturated carbocycles. The van der Waals surface area contributed by atoms with Crippen LogP contribution in [0.1, 0.15) is 40.3 Å². The highest BCUT2D eigenvalue weighted by Crippen LogP contribution is 2.22. The monoisotopic (exact) mass is 437 g/mol. The summed E-state index contributed by atoms with van der Waals surface area (Å²) < 4.78 is 39.5. The third kappa shape index (κ3) is 4.54. The highest BCUT2D eigenvalue weighted by Gasteiger charge is 2.22. The van der Waals surface area contributed by atoms with Crippen molar-refractivity contribution in [2.75, 3.05) is 0 Å². The number of benzene rings is 2. The van der Waals surface area contributed by atoms with Crippen LogP contribution in [-0.2, 0) is 6.61 Å². The predicted octanol–water partition coefficient (Wildman–Crippen LogP) is 5.12. The molecule has 1 N–H and O–H groups in total. The van der Waals surface area contributed by atoms with Crippen LogP contribution < -0.4 is 10.1 Å². The van der Waals surface area contributed by atoms with E-state index in [9.17, 15) is 13.6 Å². The molecule has 4 aromatic rings. The van der Waals surface area contributed by atoms with E-state index in [0.717, 1.165) is 23.4 Å². The smallest absolute Gasteiger partial charge is 0.274 e. The Hall–Kier alpha value is -3.94. The first-order chi connectivity index (χ1) is 15.4. The van der Waals surface area contributed by atoms with Crippen LogP contribution >= 0.6 is 0 Å². The fraction of sp³-hybridized carbons (Fsp3) is 0.167. The third-order valence-corrected chi connectivity index (χ3v) is 5.11. The topological polar surface area (TPSA) is 69.3 Å². The van der Waals surface area contributed by atoms with Gasteiger partial charge in [-0.1, -0.05) is 17.3 Å². The van der Waals surface area contributed by atoms with E-state index in [1.54, 1.807) is 6.92 Å². The van der Waals surface area contributed by atoms with Gasteiger partial charge in [-0.05, 0) is 55.8 Å². The largest absolute Gasteiger partial charge is 0.486 e. The molecule has 6 nitrogen and oxygen atoms in total. The summed E-state index contributed by atoms with van der Waals surface area (Å²) in [6.07, 6.45) is 3.91. The summed E-state index contributed by atoms with van der Waals surface area (Å²) in [7, 11) is 0. The Morgan fingerprint density at radius 3 is 2.56 bits per heavy atom. The molecule has 0 aliphatic rings. The maximum absolute atomic E-state index is 13.8. The minimum Gasteiger partial charge on any atom is -0.486 e. The number of hydrogen-bond donors (Lipinski definition) is 1. The number of halogens is 2. The quantitative estimate of drug-likeness (QED) is 0.436. The number of amides is 1. The van der Waals surface area contributed by atoms with Crippen molar-refractivity contribution < 1.29 is 22.8 Å². The van der Waals surface area contributed by atoms with Crippen molar-refractivity contribution in [3.8, 4) is 11.4 Å². The zero-order valence-corrected chi connectivity index (χ0v) is 17.5. The summed E-state index contributed by atoms with van der Waals surface area (Å²) in [4.78, 5) is 12.8. The van der Waals surface area contributed by atoms with Crippen molar-refractivity contribution in [2.24, 2.45) is 0 Å². The number of nitrogens with zero attached hydrogens (tertiary/aromatic N) is 2. The minimum atomic E-state index is -0.831. The van der Waals surface area contributed by atoms with E-state index in [4.69, 9.17) is 9.26 Å². The molecular formula is C24H21F2N3O3. The van der Waals surface area contributed by atoms with Crippen LogP contribution in [0.25, 0.3) is 5.69 Å². The number of rotatable bonds is 7. The summed E-state index contributed by atoms with van der Waals surface area (Å²) in [5, 5.41) is 6.72. The normalized spacial score (nSPS) is 11.9. The van der Waals surface area contributed by atoms with Crippen molar-refractivity contribution in [1.82, 2.24) is 15.0 Å². The molecule has 32 heavy (non-hydrogen) atoms. The van der Waals surface area contributed by atoms with Gasteiger partial charge in [0.25, 0.3) is 5.91 Å². The third-order valence-electron chi connectivity index (χ3n) is 5.11. The molecule has 0 radical (unpaired) electrons. The molecule has 2 aromatic carbocycles. The molecule has 2 heterocycles. The van der Waals surface area contributed by atoms with E-state index in [1.807, 2.05) is 60.3 Å². The Bertz CT molecular complexity index is 1220. The lowest BCUT2D eigenvalue weighted by atomic mass is 10.1. The summed E-state index contributed by atoms with van der Waals surface area (Å²) in [6, 6.07) is 14.4. The van der Waals surface area contributed by atoms with E-state index in [0.29, 0.717) is 11.3 Å². The fourth-order valence-electron chi connectivity index (χ4n) is 3.27. The van der Waals surface area contributed by atoms with E-state index in [2.05, 4.69) is 10.5 Å². The lowest BCUT2D eigenvalue weighted by Crippen LogP contribution is -2.28. The van der Waals surface area contributed by atoms with Crippen molar-refractivity contribution in [1.29, 1.82) is 0 Å². The first kappa shape index (κ1) is 21.3. The number of nitrogens with one attached hydrogen (secondary N) is 1. The Morgan fingerprint density at radius 1 is 1.16 bits per heavy atom. The van der Waals surface area contributed by atoms with Crippen molar-refractivity contribution in [3.63, 3.8) is 0 Å². The second kappa shape index (κ2) is 9.05. The summed E-state index contributed by atoms with van der Waals surface area (Å²) in [5.41, 5.74) is 2.37. The fourth-order valence-corrected chi connectivity index (χ4v) is 3.27. The van der Waals surface area contributed by atoms with Crippen molar-refractivity contribution in [2.45, 2.75) is 26.5 Å². The van der Waals surface area contributed by atoms with Crippen LogP contribution in [0.5, 0.6) is 5.75 Å². The minimum absolute atomic E-state index is 0.0563. The zero-order valence-electron chi connectivity index (χ0n) is 17.5. The average molecular weight is 437 g/mol. The number of aromatic nitrogens is 2. The Kier molecular flexibility index (Phi) is 6.02. The van der Waals surface area contributed by atoms with Gasteiger partial charge in [0.15, 0.2) is 17.3 Å². The predicted molar refractivity (Wildman–Crippen MR) is 114 cm³/mol. The number of ether oxygens (including phenoxy) is 1. The van der Waals surface area contributed by atoms with E-state index < -0.39 is 17.5 Å². The van der Waals surface area contributed by atoms with E-state index in [-0.39, 0.29) is 24.1 Å². The first-order valence-corrected chi connectivity index (χ1v) is 9.99. The number of carbonyl (C=O) groups is 1. The highest BCUT2D eigenvalue weighted by atomic mass is 19.1. The van der Waals surface area contributed by atoms with Crippen LogP contribution in [0, 0.1) is 18.6 Å². The number of carbonyl (C=O) groups excluding carboxylic acids is 1. The van der Waals surface area contributed by atoms with Crippen LogP contribution in [0.4, 0.5) is 8.78 Å². The van der Waals surface area contributed by atoms with Gasteiger partial charge in [-0.2, -0.15) is 0 Å². The molecule has 0 bridgehead atoms. The molecule has 0 spiro atoms. The molecule has 0 aliphatic carbocycles. The maximum atomic E-state index is 13.8. The van der Waals surface area contributed by atoms with Crippen LogP contribution in [-0.4, -0.2) is 15.6 Å². The van der Waals surface area contributed by atoms with E-state index >= 15 is 0 Å². The molecule has 8 heteroatoms. The first-order valence-electron chi connectivity index (χ1n) is 9.99. The standard InChI is InChI=1S/C24H21F2N3O3/c1-15(17-5-8-19(9-6-17)29-11-3-4-12-29)27-24(30)23-20(16(2)32-28-23)14-31-22-10-7-18(25)13-21(22)26/h3-13,15H,14H2,1-2H3,(H,27,30). The summed E-state index contributed by atoms with van der Waals surface area (Å²) in [5.74, 6) is -1.73. The lowest BCUT2D eigenvalue weighted by molar-refractivity contribution is 0.0928. The second-order valence-electron chi connectivity index (χ2n) is 7.31. The number of hydrogen-bond acceptors (Lipinski definition) is 4. The summed E-state index contributed by atoms with van der Waals surface area (Å²) >= 11 is 0. The Morgan fingerprint density at radius 2 is 1.88 bits per heavy atom. The van der Waals surface area contributed by atoms with Crippen molar-refractivity contribution >= 4 is 5.91 Å². The van der Waals surface area contributed by atoms with Gasteiger partial charge >= 0.3 is 0 Å². The molecule has 1 amide bonds.